The van der Waals surface area contributed by atoms with Crippen LogP contribution in [0.15, 0.2) is 66.7 Å². The van der Waals surface area contributed by atoms with E-state index < -0.39 is 0 Å². The maximum absolute atomic E-state index is 13.0. The molecule has 1 aromatic heterocycles. The molecular formula is C26H29N3O. The van der Waals surface area contributed by atoms with Crippen LogP contribution < -0.4 is 5.32 Å². The van der Waals surface area contributed by atoms with Crippen molar-refractivity contribution in [1.82, 2.24) is 9.47 Å². The van der Waals surface area contributed by atoms with Gasteiger partial charge >= 0.3 is 6.03 Å². The van der Waals surface area contributed by atoms with E-state index in [9.17, 15) is 4.79 Å². The van der Waals surface area contributed by atoms with Crippen LogP contribution in [0.2, 0.25) is 0 Å². The molecule has 0 bridgehead atoms. The van der Waals surface area contributed by atoms with Gasteiger partial charge in [0.15, 0.2) is 0 Å². The second-order valence-electron chi connectivity index (χ2n) is 8.13. The zero-order valence-electron chi connectivity index (χ0n) is 18.1. The lowest BCUT2D eigenvalue weighted by molar-refractivity contribution is 0.193. The van der Waals surface area contributed by atoms with Crippen molar-refractivity contribution in [2.75, 3.05) is 5.32 Å². The predicted molar refractivity (Wildman–Crippen MR) is 126 cm³/mol. The Balaban J connectivity index is 1.64. The molecule has 154 valence electrons. The summed E-state index contributed by atoms with van der Waals surface area (Å²) < 4.78 is 2.35. The van der Waals surface area contributed by atoms with E-state index in [1.54, 1.807) is 0 Å². The highest BCUT2D eigenvalue weighted by molar-refractivity contribution is 6.08. The summed E-state index contributed by atoms with van der Waals surface area (Å²) in [7, 11) is 0. The Morgan fingerprint density at radius 3 is 2.37 bits per heavy atom. The predicted octanol–water partition coefficient (Wildman–Crippen LogP) is 6.57. The third-order valence-electron chi connectivity index (χ3n) is 5.69. The van der Waals surface area contributed by atoms with Gasteiger partial charge in [-0.15, -0.1) is 0 Å². The van der Waals surface area contributed by atoms with Crippen molar-refractivity contribution in [2.45, 2.75) is 46.8 Å². The van der Waals surface area contributed by atoms with E-state index in [2.05, 4.69) is 73.1 Å². The first kappa shape index (κ1) is 20.0. The largest absolute Gasteiger partial charge is 0.341 e. The van der Waals surface area contributed by atoms with E-state index in [0.29, 0.717) is 6.54 Å². The van der Waals surface area contributed by atoms with Gasteiger partial charge in [0.25, 0.3) is 0 Å². The third-order valence-corrected chi connectivity index (χ3v) is 5.69. The number of hydrogen-bond donors (Lipinski definition) is 1. The molecule has 0 aliphatic rings. The number of nitrogens with zero attached hydrogens (tertiary/aromatic N) is 2. The number of nitrogens with one attached hydrogen (secondary N) is 1. The molecule has 0 atom stereocenters. The molecule has 0 aliphatic heterocycles. The molecule has 0 aliphatic carbocycles. The average Bonchev–Trinajstić information content (AvgIpc) is 3.06. The Bertz CT molecular complexity index is 1190. The fraction of sp³-hybridized carbons (Fsp3) is 0.269. The summed E-state index contributed by atoms with van der Waals surface area (Å²) in [6.07, 6.45) is 0. The SMILES string of the molecule is CCn1c2ccccc2c2cc(CN(C(=O)Nc3ccc(C)cc3)C(C)C)ccc21. The van der Waals surface area contributed by atoms with Crippen molar-refractivity contribution in [3.05, 3.63) is 77.9 Å². The molecule has 0 fully saturated rings. The van der Waals surface area contributed by atoms with Crippen LogP contribution in [0.4, 0.5) is 10.5 Å². The Labute approximate surface area is 178 Å². The lowest BCUT2D eigenvalue weighted by Crippen LogP contribution is -2.39. The van der Waals surface area contributed by atoms with E-state index in [0.717, 1.165) is 17.8 Å². The molecule has 4 heteroatoms. The van der Waals surface area contributed by atoms with Crippen molar-refractivity contribution in [1.29, 1.82) is 0 Å². The number of hydrogen-bond acceptors (Lipinski definition) is 1. The van der Waals surface area contributed by atoms with Gasteiger partial charge in [-0.25, -0.2) is 4.79 Å². The average molecular weight is 400 g/mol. The summed E-state index contributed by atoms with van der Waals surface area (Å²) in [5.41, 5.74) is 5.62. The number of rotatable bonds is 5. The van der Waals surface area contributed by atoms with Crippen molar-refractivity contribution in [3.63, 3.8) is 0 Å². The molecule has 0 unspecified atom stereocenters. The molecule has 0 saturated heterocycles. The van der Waals surface area contributed by atoms with Gasteiger partial charge in [-0.3, -0.25) is 0 Å². The quantitative estimate of drug-likeness (QED) is 0.405. The normalized spacial score (nSPS) is 11.4. The van der Waals surface area contributed by atoms with Crippen LogP contribution in [0.25, 0.3) is 21.8 Å². The van der Waals surface area contributed by atoms with Gasteiger partial charge in [0, 0.05) is 46.6 Å². The number of fused-ring (bicyclic) bond motifs is 3. The highest BCUT2D eigenvalue weighted by Gasteiger charge is 2.18. The molecular weight excluding hydrogens is 370 g/mol. The summed E-state index contributed by atoms with van der Waals surface area (Å²) in [6.45, 7) is 9.82. The maximum Gasteiger partial charge on any atom is 0.322 e. The summed E-state index contributed by atoms with van der Waals surface area (Å²) in [5.74, 6) is 0. The standard InChI is InChI=1S/C26H29N3O/c1-5-28-24-9-7-6-8-22(24)23-16-20(12-15-25(23)28)17-29(18(2)3)26(30)27-21-13-10-19(4)11-14-21/h6-16,18H,5,17H2,1-4H3,(H,27,30). The number of aromatic nitrogens is 1. The molecule has 4 rings (SSSR count). The molecule has 1 N–H and O–H groups in total. The first-order valence-corrected chi connectivity index (χ1v) is 10.6. The number of benzene rings is 3. The minimum absolute atomic E-state index is 0.0788. The minimum Gasteiger partial charge on any atom is -0.341 e. The topological polar surface area (TPSA) is 37.3 Å². The fourth-order valence-corrected chi connectivity index (χ4v) is 4.06. The second-order valence-corrected chi connectivity index (χ2v) is 8.13. The zero-order valence-corrected chi connectivity index (χ0v) is 18.1. The smallest absolute Gasteiger partial charge is 0.322 e. The Hall–Kier alpha value is -3.27. The van der Waals surface area contributed by atoms with Crippen LogP contribution in [0.1, 0.15) is 31.9 Å². The molecule has 3 aromatic carbocycles. The van der Waals surface area contributed by atoms with Crippen LogP contribution in [0.3, 0.4) is 0 Å². The monoisotopic (exact) mass is 399 g/mol. The number of amides is 2. The van der Waals surface area contributed by atoms with Gasteiger partial charge in [-0.2, -0.15) is 0 Å². The molecule has 0 spiro atoms. The first-order valence-electron chi connectivity index (χ1n) is 10.6. The number of para-hydroxylation sites is 1. The lowest BCUT2D eigenvalue weighted by Gasteiger charge is -2.27. The zero-order chi connectivity index (χ0) is 21.3. The highest BCUT2D eigenvalue weighted by Crippen LogP contribution is 2.30. The fourth-order valence-electron chi connectivity index (χ4n) is 4.06. The summed E-state index contributed by atoms with van der Waals surface area (Å²) in [6, 6.07) is 23.0. The first-order chi connectivity index (χ1) is 14.5. The van der Waals surface area contributed by atoms with E-state index in [-0.39, 0.29) is 12.1 Å². The van der Waals surface area contributed by atoms with E-state index in [1.807, 2.05) is 36.1 Å². The van der Waals surface area contributed by atoms with Gasteiger partial charge in [-0.1, -0.05) is 42.0 Å². The summed E-state index contributed by atoms with van der Waals surface area (Å²) >= 11 is 0. The number of carbonyl (C=O) groups is 1. The Kier molecular flexibility index (Phi) is 5.49. The third kappa shape index (κ3) is 3.78. The molecule has 1 heterocycles. The minimum atomic E-state index is -0.0788. The number of urea groups is 1. The Morgan fingerprint density at radius 1 is 0.967 bits per heavy atom. The van der Waals surface area contributed by atoms with Gasteiger partial charge < -0.3 is 14.8 Å². The van der Waals surface area contributed by atoms with Gasteiger partial charge in [-0.05, 0) is 63.6 Å². The van der Waals surface area contributed by atoms with E-state index in [4.69, 9.17) is 0 Å². The molecule has 0 saturated carbocycles. The van der Waals surface area contributed by atoms with Crippen molar-refractivity contribution < 1.29 is 4.79 Å². The molecule has 30 heavy (non-hydrogen) atoms. The molecule has 0 radical (unpaired) electrons. The number of carbonyl (C=O) groups excluding carboxylic acids is 1. The molecule has 4 nitrogen and oxygen atoms in total. The summed E-state index contributed by atoms with van der Waals surface area (Å²) in [4.78, 5) is 14.9. The van der Waals surface area contributed by atoms with Crippen LogP contribution in [-0.2, 0) is 13.1 Å². The second kappa shape index (κ2) is 8.23. The van der Waals surface area contributed by atoms with Gasteiger partial charge in [0.2, 0.25) is 0 Å². The van der Waals surface area contributed by atoms with Crippen molar-refractivity contribution in [2.24, 2.45) is 0 Å². The Morgan fingerprint density at radius 2 is 1.67 bits per heavy atom. The van der Waals surface area contributed by atoms with Crippen LogP contribution >= 0.6 is 0 Å². The van der Waals surface area contributed by atoms with Gasteiger partial charge in [0.05, 0.1) is 0 Å². The molecule has 2 amide bonds. The van der Waals surface area contributed by atoms with Crippen molar-refractivity contribution in [3.8, 4) is 0 Å². The number of aryl methyl sites for hydroxylation is 2. The van der Waals surface area contributed by atoms with Crippen LogP contribution in [-0.4, -0.2) is 21.5 Å². The van der Waals surface area contributed by atoms with Crippen LogP contribution in [0, 0.1) is 6.92 Å². The van der Waals surface area contributed by atoms with E-state index >= 15 is 0 Å². The van der Waals surface area contributed by atoms with Crippen molar-refractivity contribution >= 4 is 33.5 Å². The highest BCUT2D eigenvalue weighted by atomic mass is 16.2. The number of anilines is 1. The van der Waals surface area contributed by atoms with E-state index in [1.165, 1.54) is 27.4 Å². The van der Waals surface area contributed by atoms with Gasteiger partial charge in [0.1, 0.15) is 0 Å². The summed E-state index contributed by atoms with van der Waals surface area (Å²) in [5, 5.41) is 5.54. The maximum atomic E-state index is 13.0. The molecule has 4 aromatic rings. The lowest BCUT2D eigenvalue weighted by atomic mass is 10.1. The van der Waals surface area contributed by atoms with Crippen LogP contribution in [0.5, 0.6) is 0 Å².